The lowest BCUT2D eigenvalue weighted by atomic mass is 10.0. The van der Waals surface area contributed by atoms with Crippen LogP contribution in [0, 0.1) is 0 Å². The lowest BCUT2D eigenvalue weighted by Crippen LogP contribution is -2.37. The van der Waals surface area contributed by atoms with Crippen LogP contribution in [0.25, 0.3) is 0 Å². The minimum atomic E-state index is -4.64. The third kappa shape index (κ3) is 57.3. The van der Waals surface area contributed by atoms with E-state index in [9.17, 15) is 19.0 Å². The van der Waals surface area contributed by atoms with Crippen molar-refractivity contribution >= 4 is 19.8 Å². The first-order valence-corrected chi connectivity index (χ1v) is 31.8. The molecule has 9 nitrogen and oxygen atoms in total. The summed E-state index contributed by atoms with van der Waals surface area (Å²) in [6, 6.07) is 0. The minimum absolute atomic E-state index is 0.0337. The predicted octanol–water partition coefficient (Wildman–Crippen LogP) is 18.3. The molecule has 0 saturated heterocycles. The third-order valence-corrected chi connectivity index (χ3v) is 14.3. The second-order valence-corrected chi connectivity index (χ2v) is 23.1. The van der Waals surface area contributed by atoms with Crippen LogP contribution in [0.5, 0.6) is 0 Å². The molecule has 0 rings (SSSR count). The molecule has 0 aliphatic rings. The molecule has 0 heterocycles. The van der Waals surface area contributed by atoms with Gasteiger partial charge in [0.15, 0.2) is 6.10 Å². The van der Waals surface area contributed by atoms with Crippen molar-refractivity contribution in [2.75, 3.05) is 47.5 Å². The van der Waals surface area contributed by atoms with E-state index in [0.717, 1.165) is 70.6 Å². The van der Waals surface area contributed by atoms with Gasteiger partial charge in [0.05, 0.1) is 27.7 Å². The summed E-state index contributed by atoms with van der Waals surface area (Å²) in [7, 11) is 1.16. The number of hydrogen-bond acceptors (Lipinski definition) is 8. The molecular weight excluding hydrogens is 918 g/mol. The smallest absolute Gasteiger partial charge is 0.306 e. The monoisotopic (exact) mass is 1030 g/mol. The van der Waals surface area contributed by atoms with E-state index in [-0.39, 0.29) is 32.0 Å². The second kappa shape index (κ2) is 53.8. The van der Waals surface area contributed by atoms with Crippen LogP contribution in [0.2, 0.25) is 0 Å². The maximum atomic E-state index is 12.8. The zero-order chi connectivity index (χ0) is 52.7. The first-order valence-electron chi connectivity index (χ1n) is 30.3. The number of quaternary nitrogens is 1. The predicted molar refractivity (Wildman–Crippen MR) is 305 cm³/mol. The fourth-order valence-electron chi connectivity index (χ4n) is 8.60. The van der Waals surface area contributed by atoms with E-state index in [1.165, 1.54) is 180 Å². The maximum absolute atomic E-state index is 12.8. The molecule has 2 atom stereocenters. The van der Waals surface area contributed by atoms with Gasteiger partial charge in [0, 0.05) is 12.8 Å². The molecule has 72 heavy (non-hydrogen) atoms. The van der Waals surface area contributed by atoms with Gasteiger partial charge < -0.3 is 27.9 Å². The van der Waals surface area contributed by atoms with Crippen molar-refractivity contribution in [3.8, 4) is 0 Å². The maximum Gasteiger partial charge on any atom is 0.306 e. The average molecular weight is 1030 g/mol. The zero-order valence-electron chi connectivity index (χ0n) is 47.9. The van der Waals surface area contributed by atoms with Crippen molar-refractivity contribution in [2.45, 2.75) is 290 Å². The Hall–Kier alpha value is -2.03. The van der Waals surface area contributed by atoms with Crippen molar-refractivity contribution in [1.82, 2.24) is 0 Å². The summed E-state index contributed by atoms with van der Waals surface area (Å²) in [6.45, 7) is 4.25. The van der Waals surface area contributed by atoms with Crippen LogP contribution >= 0.6 is 7.82 Å². The molecule has 0 aromatic carbocycles. The Balaban J connectivity index is 4.13. The highest BCUT2D eigenvalue weighted by Crippen LogP contribution is 2.38. The molecule has 0 aliphatic carbocycles. The normalized spacial score (nSPS) is 13.6. The number of likely N-dealkylation sites (N-methyl/N-ethyl adjacent to an activating group) is 1. The standard InChI is InChI=1S/C62H116NO8P/c1-6-8-10-12-14-16-18-20-22-24-26-28-29-30-31-32-33-35-36-38-40-42-44-46-48-50-52-54-61(64)68-58-60(59-70-72(66,67)69-57-56-63(3,4)5)71-62(65)55-53-51-49-47-45-43-41-39-37-34-27-25-23-21-19-17-15-13-11-9-7-2/h19,21,24-27,37,39,60H,6-18,20,22-23,28-36,38,40-59H2,1-5H3/b21-19-,26-24-,27-25-,39-37-. The van der Waals surface area contributed by atoms with E-state index in [1.807, 2.05) is 21.1 Å². The Morgan fingerprint density at radius 3 is 1.12 bits per heavy atom. The molecule has 422 valence electrons. The summed E-state index contributed by atoms with van der Waals surface area (Å²) in [6.07, 6.45) is 67.3. The first-order chi connectivity index (χ1) is 35.0. The SMILES string of the molecule is CCCCCCC/C=C\C/C=C\C/C=C\CCCCCCCCC(=O)OC(COC(=O)CCCCCCCCCCCCCCCCC/C=C\CCCCCCCCCC)COP(=O)([O-])OCC[N+](C)(C)C. The van der Waals surface area contributed by atoms with Gasteiger partial charge >= 0.3 is 11.9 Å². The highest BCUT2D eigenvalue weighted by Gasteiger charge is 2.22. The Morgan fingerprint density at radius 1 is 0.431 bits per heavy atom. The lowest BCUT2D eigenvalue weighted by Gasteiger charge is -2.28. The molecule has 0 aromatic heterocycles. The van der Waals surface area contributed by atoms with Crippen molar-refractivity contribution in [3.63, 3.8) is 0 Å². The Morgan fingerprint density at radius 2 is 0.750 bits per heavy atom. The summed E-state index contributed by atoms with van der Waals surface area (Å²) in [5, 5.41) is 0. The largest absolute Gasteiger partial charge is 0.756 e. The number of nitrogens with zero attached hydrogens (tertiary/aromatic N) is 1. The quantitative estimate of drug-likeness (QED) is 0.0195. The van der Waals surface area contributed by atoms with Gasteiger partial charge in [-0.05, 0) is 77.0 Å². The molecule has 10 heteroatoms. The number of carbonyl (C=O) groups is 2. The van der Waals surface area contributed by atoms with Crippen LogP contribution in [0.15, 0.2) is 48.6 Å². The number of carbonyl (C=O) groups excluding carboxylic acids is 2. The highest BCUT2D eigenvalue weighted by atomic mass is 31.2. The Labute approximate surface area is 445 Å². The summed E-state index contributed by atoms with van der Waals surface area (Å²) >= 11 is 0. The van der Waals surface area contributed by atoms with Gasteiger partial charge in [0.1, 0.15) is 19.8 Å². The molecular formula is C62H116NO8P. The number of esters is 2. The van der Waals surface area contributed by atoms with Gasteiger partial charge in [-0.15, -0.1) is 0 Å². The number of allylic oxidation sites excluding steroid dienone is 8. The molecule has 0 aliphatic heterocycles. The van der Waals surface area contributed by atoms with Crippen LogP contribution in [0.3, 0.4) is 0 Å². The molecule has 0 bridgehead atoms. The van der Waals surface area contributed by atoms with Crippen LogP contribution in [-0.2, 0) is 32.7 Å². The molecule has 0 amide bonds. The van der Waals surface area contributed by atoms with Crippen molar-refractivity contribution in [1.29, 1.82) is 0 Å². The molecule has 0 saturated carbocycles. The van der Waals surface area contributed by atoms with E-state index in [1.54, 1.807) is 0 Å². The van der Waals surface area contributed by atoms with E-state index < -0.39 is 26.5 Å². The van der Waals surface area contributed by atoms with Gasteiger partial charge in [0.2, 0.25) is 0 Å². The Bertz CT molecular complexity index is 1360. The minimum Gasteiger partial charge on any atom is -0.756 e. The van der Waals surface area contributed by atoms with Gasteiger partial charge in [-0.2, -0.15) is 0 Å². The molecule has 0 aromatic rings. The number of ether oxygens (including phenoxy) is 2. The van der Waals surface area contributed by atoms with Gasteiger partial charge in [-0.3, -0.25) is 14.2 Å². The van der Waals surface area contributed by atoms with Crippen LogP contribution in [0.4, 0.5) is 0 Å². The average Bonchev–Trinajstić information content (AvgIpc) is 3.34. The number of unbranched alkanes of at least 4 members (excludes halogenated alkanes) is 34. The molecule has 0 N–H and O–H groups in total. The number of hydrogen-bond donors (Lipinski definition) is 0. The summed E-state index contributed by atoms with van der Waals surface area (Å²) in [5.41, 5.74) is 0. The van der Waals surface area contributed by atoms with Gasteiger partial charge in [0.25, 0.3) is 7.82 Å². The molecule has 0 fully saturated rings. The van der Waals surface area contributed by atoms with Crippen LogP contribution in [-0.4, -0.2) is 70.0 Å². The number of phosphoric acid groups is 1. The topological polar surface area (TPSA) is 111 Å². The fraction of sp³-hybridized carbons (Fsp3) is 0.839. The number of phosphoric ester groups is 1. The molecule has 2 unspecified atom stereocenters. The van der Waals surface area contributed by atoms with Crippen LogP contribution in [0.1, 0.15) is 284 Å². The van der Waals surface area contributed by atoms with Crippen LogP contribution < -0.4 is 4.89 Å². The summed E-state index contributed by atoms with van der Waals surface area (Å²) < 4.78 is 34.2. The van der Waals surface area contributed by atoms with Crippen molar-refractivity contribution in [2.24, 2.45) is 0 Å². The van der Waals surface area contributed by atoms with Crippen molar-refractivity contribution < 1.29 is 42.1 Å². The van der Waals surface area contributed by atoms with Crippen molar-refractivity contribution in [3.05, 3.63) is 48.6 Å². The summed E-state index contributed by atoms with van der Waals surface area (Å²) in [5.74, 6) is -0.838. The zero-order valence-corrected chi connectivity index (χ0v) is 48.8. The molecule has 0 radical (unpaired) electrons. The fourth-order valence-corrected chi connectivity index (χ4v) is 9.33. The third-order valence-electron chi connectivity index (χ3n) is 13.3. The van der Waals surface area contributed by atoms with E-state index in [2.05, 4.69) is 62.5 Å². The Kier molecular flexibility index (Phi) is 52.3. The van der Waals surface area contributed by atoms with E-state index in [0.29, 0.717) is 17.4 Å². The molecule has 0 spiro atoms. The van der Waals surface area contributed by atoms with E-state index in [4.69, 9.17) is 18.5 Å². The first kappa shape index (κ1) is 70.0. The summed E-state index contributed by atoms with van der Waals surface area (Å²) in [4.78, 5) is 37.9. The van der Waals surface area contributed by atoms with Gasteiger partial charge in [-0.25, -0.2) is 0 Å². The lowest BCUT2D eigenvalue weighted by molar-refractivity contribution is -0.870. The van der Waals surface area contributed by atoms with Gasteiger partial charge in [-0.1, -0.05) is 242 Å². The number of rotatable bonds is 56. The highest BCUT2D eigenvalue weighted by molar-refractivity contribution is 7.45. The van der Waals surface area contributed by atoms with E-state index >= 15 is 0 Å². The second-order valence-electron chi connectivity index (χ2n) is 21.7.